The third-order valence-electron chi connectivity index (χ3n) is 6.44. The molecule has 0 saturated carbocycles. The molecule has 4 rings (SSSR count). The summed E-state index contributed by atoms with van der Waals surface area (Å²) in [5, 5.41) is 4.93. The maximum Gasteiger partial charge on any atom is 0.220 e. The van der Waals surface area contributed by atoms with Crippen LogP contribution in [0.4, 0.5) is 0 Å². The van der Waals surface area contributed by atoms with Crippen LogP contribution in [-0.2, 0) is 17.6 Å². The predicted molar refractivity (Wildman–Crippen MR) is 142 cm³/mol. The third-order valence-corrected chi connectivity index (χ3v) is 6.69. The Morgan fingerprint density at radius 3 is 2.51 bits per heavy atom. The highest BCUT2D eigenvalue weighted by molar-refractivity contribution is 6.30. The van der Waals surface area contributed by atoms with E-state index in [-0.39, 0.29) is 11.8 Å². The van der Waals surface area contributed by atoms with Gasteiger partial charge in [-0.05, 0) is 59.4 Å². The number of benzene rings is 3. The van der Waals surface area contributed by atoms with E-state index in [1.807, 2.05) is 48.7 Å². The lowest BCUT2D eigenvalue weighted by Gasteiger charge is -2.18. The van der Waals surface area contributed by atoms with Gasteiger partial charge in [-0.1, -0.05) is 54.9 Å². The van der Waals surface area contributed by atoms with Crippen molar-refractivity contribution in [3.05, 3.63) is 94.1 Å². The number of aromatic amines is 1. The number of fused-ring (bicyclic) bond motifs is 1. The molecule has 0 radical (unpaired) electrons. The number of aromatic nitrogens is 1. The molecule has 4 aromatic rings. The summed E-state index contributed by atoms with van der Waals surface area (Å²) < 4.78 is 10.7. The smallest absolute Gasteiger partial charge is 0.220 e. The molecule has 0 aliphatic heterocycles. The molecule has 182 valence electrons. The Bertz CT molecular complexity index is 1300. The van der Waals surface area contributed by atoms with Crippen molar-refractivity contribution in [1.29, 1.82) is 0 Å². The van der Waals surface area contributed by atoms with E-state index >= 15 is 0 Å². The Morgan fingerprint density at radius 2 is 1.80 bits per heavy atom. The van der Waals surface area contributed by atoms with E-state index in [1.54, 1.807) is 14.2 Å². The zero-order valence-electron chi connectivity index (χ0n) is 20.4. The van der Waals surface area contributed by atoms with Crippen LogP contribution in [0.25, 0.3) is 10.9 Å². The Morgan fingerprint density at radius 1 is 1.03 bits per heavy atom. The predicted octanol–water partition coefficient (Wildman–Crippen LogP) is 6.28. The minimum Gasteiger partial charge on any atom is -0.493 e. The number of amides is 1. The number of methoxy groups -OCH3 is 2. The Hall–Kier alpha value is -3.44. The van der Waals surface area contributed by atoms with Crippen molar-refractivity contribution in [2.45, 2.75) is 32.1 Å². The molecule has 0 spiro atoms. The molecule has 1 aromatic heterocycles. The lowest BCUT2D eigenvalue weighted by atomic mass is 9.87. The minimum atomic E-state index is -0.0887. The van der Waals surface area contributed by atoms with Crippen LogP contribution in [0.15, 0.2) is 66.9 Å². The molecule has 1 heterocycles. The number of ether oxygens (including phenoxy) is 2. The average Bonchev–Trinajstić information content (AvgIpc) is 3.32. The van der Waals surface area contributed by atoms with Crippen LogP contribution in [0.5, 0.6) is 11.5 Å². The van der Waals surface area contributed by atoms with Gasteiger partial charge >= 0.3 is 0 Å². The molecule has 0 bridgehead atoms. The van der Waals surface area contributed by atoms with Gasteiger partial charge in [0, 0.05) is 41.0 Å². The van der Waals surface area contributed by atoms with E-state index in [4.69, 9.17) is 21.1 Å². The third kappa shape index (κ3) is 5.63. The number of carbonyl (C=O) groups is 1. The second-order valence-corrected chi connectivity index (χ2v) is 8.97. The van der Waals surface area contributed by atoms with Gasteiger partial charge in [-0.2, -0.15) is 0 Å². The summed E-state index contributed by atoms with van der Waals surface area (Å²) in [5.41, 5.74) is 5.65. The molecule has 0 aliphatic rings. The van der Waals surface area contributed by atoms with Crippen molar-refractivity contribution in [3.63, 3.8) is 0 Å². The molecule has 35 heavy (non-hydrogen) atoms. The van der Waals surface area contributed by atoms with E-state index in [9.17, 15) is 4.79 Å². The lowest BCUT2D eigenvalue weighted by Crippen LogP contribution is -2.27. The number of carbonyl (C=O) groups excluding carboxylic acids is 1. The number of aryl methyl sites for hydroxylation is 1. The van der Waals surface area contributed by atoms with Crippen molar-refractivity contribution in [2.75, 3.05) is 20.8 Å². The molecule has 0 aliphatic carbocycles. The first kappa shape index (κ1) is 24.7. The summed E-state index contributed by atoms with van der Waals surface area (Å²) in [6.07, 6.45) is 4.03. The van der Waals surface area contributed by atoms with Crippen LogP contribution < -0.4 is 14.8 Å². The normalized spacial score (nSPS) is 11.9. The quantitative estimate of drug-likeness (QED) is 0.275. The SMILES string of the molecule is CCc1cccc2c([C@@H](CC(=O)NCCc3ccc(OC)c(OC)c3)c3ccc(Cl)cc3)c[nH]c12. The van der Waals surface area contributed by atoms with Gasteiger partial charge in [0.05, 0.1) is 14.2 Å². The first-order chi connectivity index (χ1) is 17.0. The van der Waals surface area contributed by atoms with E-state index < -0.39 is 0 Å². The highest BCUT2D eigenvalue weighted by Gasteiger charge is 2.22. The van der Waals surface area contributed by atoms with E-state index in [0.717, 1.165) is 34.0 Å². The Balaban J connectivity index is 1.51. The van der Waals surface area contributed by atoms with Crippen LogP contribution >= 0.6 is 11.6 Å². The van der Waals surface area contributed by atoms with Crippen molar-refractivity contribution in [3.8, 4) is 11.5 Å². The summed E-state index contributed by atoms with van der Waals surface area (Å²) in [7, 11) is 3.24. The minimum absolute atomic E-state index is 0.00595. The van der Waals surface area contributed by atoms with Crippen LogP contribution in [0, 0.1) is 0 Å². The molecule has 5 nitrogen and oxygen atoms in total. The summed E-state index contributed by atoms with van der Waals surface area (Å²) >= 11 is 6.15. The van der Waals surface area contributed by atoms with Gasteiger partial charge in [-0.15, -0.1) is 0 Å². The van der Waals surface area contributed by atoms with Gasteiger partial charge in [-0.3, -0.25) is 4.79 Å². The maximum absolute atomic E-state index is 13.1. The largest absolute Gasteiger partial charge is 0.493 e. The zero-order valence-corrected chi connectivity index (χ0v) is 21.1. The van der Waals surface area contributed by atoms with Gasteiger partial charge in [0.25, 0.3) is 0 Å². The number of rotatable bonds is 10. The number of H-pyrrole nitrogens is 1. The molecule has 0 fully saturated rings. The molecule has 2 N–H and O–H groups in total. The monoisotopic (exact) mass is 490 g/mol. The maximum atomic E-state index is 13.1. The summed E-state index contributed by atoms with van der Waals surface area (Å²) in [4.78, 5) is 16.5. The highest BCUT2D eigenvalue weighted by atomic mass is 35.5. The first-order valence-corrected chi connectivity index (χ1v) is 12.2. The van der Waals surface area contributed by atoms with Crippen molar-refractivity contribution >= 4 is 28.4 Å². The van der Waals surface area contributed by atoms with Crippen LogP contribution in [0.2, 0.25) is 5.02 Å². The van der Waals surface area contributed by atoms with Crippen molar-refractivity contribution in [1.82, 2.24) is 10.3 Å². The Labute approximate surface area is 211 Å². The van der Waals surface area contributed by atoms with Gasteiger partial charge in [0.15, 0.2) is 11.5 Å². The van der Waals surface area contributed by atoms with Gasteiger partial charge in [0.1, 0.15) is 0 Å². The van der Waals surface area contributed by atoms with Gasteiger partial charge in [-0.25, -0.2) is 0 Å². The number of para-hydroxylation sites is 1. The van der Waals surface area contributed by atoms with Crippen molar-refractivity contribution < 1.29 is 14.3 Å². The standard InChI is InChI=1S/C29H31ClN2O3/c1-4-20-6-5-7-23-25(18-32-29(20)23)24(21-9-11-22(30)12-10-21)17-28(33)31-15-14-19-8-13-26(34-2)27(16-19)35-3/h5-13,16,18,24,32H,4,14-15,17H2,1-3H3,(H,31,33)/t24-/m0/s1. The second-order valence-electron chi connectivity index (χ2n) is 8.53. The summed E-state index contributed by atoms with van der Waals surface area (Å²) in [6.45, 7) is 2.69. The summed E-state index contributed by atoms with van der Waals surface area (Å²) in [6, 6.07) is 19.9. The Kier molecular flexibility index (Phi) is 7.98. The van der Waals surface area contributed by atoms with E-state index in [0.29, 0.717) is 35.9 Å². The fraction of sp³-hybridized carbons (Fsp3) is 0.276. The molecule has 3 aromatic carbocycles. The molecule has 0 unspecified atom stereocenters. The van der Waals surface area contributed by atoms with Gasteiger partial charge in [0.2, 0.25) is 5.91 Å². The molecule has 1 atom stereocenters. The second kappa shape index (κ2) is 11.3. The van der Waals surface area contributed by atoms with E-state index in [1.165, 1.54) is 5.56 Å². The van der Waals surface area contributed by atoms with Crippen LogP contribution in [-0.4, -0.2) is 31.7 Å². The molecular formula is C29H31ClN2O3. The van der Waals surface area contributed by atoms with Gasteiger partial charge < -0.3 is 19.8 Å². The van der Waals surface area contributed by atoms with Crippen LogP contribution in [0.1, 0.15) is 41.5 Å². The highest BCUT2D eigenvalue weighted by Crippen LogP contribution is 2.35. The van der Waals surface area contributed by atoms with Crippen LogP contribution in [0.3, 0.4) is 0 Å². The lowest BCUT2D eigenvalue weighted by molar-refractivity contribution is -0.121. The molecular weight excluding hydrogens is 460 g/mol. The molecule has 0 saturated heterocycles. The number of halogens is 1. The summed E-state index contributed by atoms with van der Waals surface area (Å²) in [5.74, 6) is 1.29. The zero-order chi connectivity index (χ0) is 24.8. The average molecular weight is 491 g/mol. The fourth-order valence-electron chi connectivity index (χ4n) is 4.56. The molecule has 1 amide bonds. The topological polar surface area (TPSA) is 63.4 Å². The number of hydrogen-bond acceptors (Lipinski definition) is 3. The molecule has 6 heteroatoms. The van der Waals surface area contributed by atoms with Crippen molar-refractivity contribution in [2.24, 2.45) is 0 Å². The first-order valence-electron chi connectivity index (χ1n) is 11.9. The number of hydrogen-bond donors (Lipinski definition) is 2. The fourth-order valence-corrected chi connectivity index (χ4v) is 4.69. The van der Waals surface area contributed by atoms with E-state index in [2.05, 4.69) is 35.4 Å². The number of nitrogens with one attached hydrogen (secondary N) is 2.